The summed E-state index contributed by atoms with van der Waals surface area (Å²) in [5.41, 5.74) is -0.971. The van der Waals surface area contributed by atoms with Crippen molar-refractivity contribution in [2.45, 2.75) is 31.5 Å². The van der Waals surface area contributed by atoms with E-state index in [2.05, 4.69) is 4.74 Å². The van der Waals surface area contributed by atoms with E-state index >= 15 is 0 Å². The van der Waals surface area contributed by atoms with Crippen molar-refractivity contribution in [3.05, 3.63) is 0 Å². The number of aliphatic carboxylic acids is 1. The van der Waals surface area contributed by atoms with Gasteiger partial charge in [0.25, 0.3) is 0 Å². The maximum Gasteiger partial charge on any atom is 0.411 e. The van der Waals surface area contributed by atoms with Crippen molar-refractivity contribution >= 4 is 5.97 Å². The van der Waals surface area contributed by atoms with E-state index in [1.54, 1.807) is 11.8 Å². The molecule has 0 aliphatic carbocycles. The Morgan fingerprint density at radius 2 is 2.18 bits per heavy atom. The number of nitrogens with zero attached hydrogens (tertiary/aromatic N) is 1. The summed E-state index contributed by atoms with van der Waals surface area (Å²) < 4.78 is 39.9. The third-order valence-electron chi connectivity index (χ3n) is 3.02. The van der Waals surface area contributed by atoms with E-state index in [1.807, 2.05) is 0 Å². The van der Waals surface area contributed by atoms with Crippen molar-refractivity contribution in [3.63, 3.8) is 0 Å². The highest BCUT2D eigenvalue weighted by Crippen LogP contribution is 2.28. The topological polar surface area (TPSA) is 49.8 Å². The van der Waals surface area contributed by atoms with Gasteiger partial charge in [-0.15, -0.1) is 0 Å². The van der Waals surface area contributed by atoms with Crippen molar-refractivity contribution < 1.29 is 27.8 Å². The fourth-order valence-corrected chi connectivity index (χ4v) is 1.98. The molecule has 0 bridgehead atoms. The number of hydrogen-bond donors (Lipinski definition) is 1. The Morgan fingerprint density at radius 1 is 1.53 bits per heavy atom. The van der Waals surface area contributed by atoms with Gasteiger partial charge in [-0.1, -0.05) is 0 Å². The fourth-order valence-electron chi connectivity index (χ4n) is 1.98. The van der Waals surface area contributed by atoms with Gasteiger partial charge < -0.3 is 9.84 Å². The van der Waals surface area contributed by atoms with E-state index < -0.39 is 24.3 Å². The first-order valence-corrected chi connectivity index (χ1v) is 5.39. The average Bonchev–Trinajstić information content (AvgIpc) is 2.55. The number of carboxylic acids is 1. The average molecular weight is 255 g/mol. The van der Waals surface area contributed by atoms with Crippen LogP contribution in [0.3, 0.4) is 0 Å². The lowest BCUT2D eigenvalue weighted by Gasteiger charge is -2.30. The molecule has 7 heteroatoms. The van der Waals surface area contributed by atoms with Crippen LogP contribution < -0.4 is 0 Å². The first kappa shape index (κ1) is 14.2. The number of halogens is 3. The van der Waals surface area contributed by atoms with Gasteiger partial charge in [0.15, 0.2) is 0 Å². The van der Waals surface area contributed by atoms with Crippen LogP contribution in [0.5, 0.6) is 0 Å². The van der Waals surface area contributed by atoms with Gasteiger partial charge in [0.05, 0.1) is 6.61 Å². The summed E-state index contributed by atoms with van der Waals surface area (Å²) in [4.78, 5) is 12.7. The number of likely N-dealkylation sites (tertiary alicyclic amines) is 1. The highest BCUT2D eigenvalue weighted by molar-refractivity contribution is 5.78. The van der Waals surface area contributed by atoms with Crippen LogP contribution in [0.4, 0.5) is 13.2 Å². The number of rotatable bonds is 5. The Hall–Kier alpha value is -0.820. The zero-order chi connectivity index (χ0) is 13.1. The normalized spacial score (nSPS) is 26.4. The Labute approximate surface area is 97.3 Å². The maximum atomic E-state index is 11.8. The molecule has 1 saturated heterocycles. The molecule has 17 heavy (non-hydrogen) atoms. The van der Waals surface area contributed by atoms with Crippen LogP contribution in [-0.4, -0.2) is 54.0 Å². The van der Waals surface area contributed by atoms with Crippen LogP contribution >= 0.6 is 0 Å². The van der Waals surface area contributed by atoms with E-state index in [0.29, 0.717) is 13.0 Å². The Morgan fingerprint density at radius 3 is 2.71 bits per heavy atom. The lowest BCUT2D eigenvalue weighted by Crippen LogP contribution is -2.49. The fraction of sp³-hybridized carbons (Fsp3) is 0.900. The lowest BCUT2D eigenvalue weighted by atomic mass is 9.99. The molecule has 0 aromatic heterocycles. The minimum absolute atomic E-state index is 0.109. The molecule has 1 heterocycles. The first-order chi connectivity index (χ1) is 7.76. The van der Waals surface area contributed by atoms with Crippen molar-refractivity contribution in [2.75, 3.05) is 26.3 Å². The summed E-state index contributed by atoms with van der Waals surface area (Å²) in [6, 6.07) is 0. The van der Waals surface area contributed by atoms with Crippen molar-refractivity contribution in [2.24, 2.45) is 0 Å². The van der Waals surface area contributed by atoms with Gasteiger partial charge >= 0.3 is 12.1 Å². The SMILES string of the molecule is CC1(C(=O)O)CCCN1CCOCC(F)(F)F. The quantitative estimate of drug-likeness (QED) is 0.756. The third-order valence-corrected chi connectivity index (χ3v) is 3.02. The summed E-state index contributed by atoms with van der Waals surface area (Å²) in [6.07, 6.45) is -3.08. The van der Waals surface area contributed by atoms with Gasteiger partial charge in [-0.05, 0) is 26.3 Å². The zero-order valence-corrected chi connectivity index (χ0v) is 9.59. The molecule has 1 atom stereocenters. The number of ether oxygens (including phenoxy) is 1. The molecule has 4 nitrogen and oxygen atoms in total. The summed E-state index contributed by atoms with van der Waals surface area (Å²) in [5, 5.41) is 9.07. The number of carbonyl (C=O) groups is 1. The molecule has 0 saturated carbocycles. The van der Waals surface area contributed by atoms with Gasteiger partial charge in [-0.2, -0.15) is 13.2 Å². The molecule has 1 fully saturated rings. The number of alkyl halides is 3. The van der Waals surface area contributed by atoms with Crippen molar-refractivity contribution in [1.29, 1.82) is 0 Å². The van der Waals surface area contributed by atoms with E-state index in [0.717, 1.165) is 6.42 Å². The highest BCUT2D eigenvalue weighted by atomic mass is 19.4. The van der Waals surface area contributed by atoms with Crippen molar-refractivity contribution in [3.8, 4) is 0 Å². The second kappa shape index (κ2) is 5.22. The molecule has 0 aromatic carbocycles. The van der Waals surface area contributed by atoms with E-state index in [1.165, 1.54) is 0 Å². The van der Waals surface area contributed by atoms with Crippen LogP contribution in [-0.2, 0) is 9.53 Å². The summed E-state index contributed by atoms with van der Waals surface area (Å²) in [6.45, 7) is 0.982. The largest absolute Gasteiger partial charge is 0.480 e. The minimum Gasteiger partial charge on any atom is -0.480 e. The molecule has 100 valence electrons. The minimum atomic E-state index is -4.33. The summed E-state index contributed by atoms with van der Waals surface area (Å²) in [5.74, 6) is -0.939. The van der Waals surface area contributed by atoms with Gasteiger partial charge in [-0.3, -0.25) is 9.69 Å². The molecule has 1 N–H and O–H groups in total. The maximum absolute atomic E-state index is 11.8. The third kappa shape index (κ3) is 3.85. The van der Waals surface area contributed by atoms with Crippen LogP contribution in [0.15, 0.2) is 0 Å². The highest BCUT2D eigenvalue weighted by Gasteiger charge is 2.42. The molecule has 0 amide bonds. The molecule has 1 rings (SSSR count). The van der Waals surface area contributed by atoms with Gasteiger partial charge in [0, 0.05) is 6.54 Å². The second-order valence-corrected chi connectivity index (χ2v) is 4.34. The van der Waals surface area contributed by atoms with Crippen LogP contribution in [0, 0.1) is 0 Å². The van der Waals surface area contributed by atoms with E-state index in [4.69, 9.17) is 5.11 Å². The summed E-state index contributed by atoms with van der Waals surface area (Å²) in [7, 11) is 0. The van der Waals surface area contributed by atoms with Gasteiger partial charge in [0.2, 0.25) is 0 Å². The Kier molecular flexibility index (Phi) is 4.37. The van der Waals surface area contributed by atoms with E-state index in [9.17, 15) is 18.0 Å². The first-order valence-electron chi connectivity index (χ1n) is 5.39. The van der Waals surface area contributed by atoms with Crippen LogP contribution in [0.25, 0.3) is 0 Å². The van der Waals surface area contributed by atoms with Gasteiger partial charge in [0.1, 0.15) is 12.1 Å². The predicted molar refractivity (Wildman–Crippen MR) is 53.7 cm³/mol. The van der Waals surface area contributed by atoms with Crippen LogP contribution in [0.2, 0.25) is 0 Å². The van der Waals surface area contributed by atoms with Crippen LogP contribution in [0.1, 0.15) is 19.8 Å². The Balaban J connectivity index is 2.34. The zero-order valence-electron chi connectivity index (χ0n) is 9.59. The molecule has 0 spiro atoms. The van der Waals surface area contributed by atoms with Crippen molar-refractivity contribution in [1.82, 2.24) is 4.90 Å². The van der Waals surface area contributed by atoms with Gasteiger partial charge in [-0.25, -0.2) is 0 Å². The monoisotopic (exact) mass is 255 g/mol. The summed E-state index contributed by atoms with van der Waals surface area (Å²) >= 11 is 0. The predicted octanol–water partition coefficient (Wildman–Crippen LogP) is 1.50. The molecule has 0 aromatic rings. The molecule has 1 aliphatic heterocycles. The molecular weight excluding hydrogens is 239 g/mol. The number of hydrogen-bond acceptors (Lipinski definition) is 3. The molecular formula is C10H16F3NO3. The lowest BCUT2D eigenvalue weighted by molar-refractivity contribution is -0.175. The second-order valence-electron chi connectivity index (χ2n) is 4.34. The molecule has 1 aliphatic rings. The smallest absolute Gasteiger partial charge is 0.411 e. The molecule has 0 radical (unpaired) electrons. The standard InChI is InChI=1S/C10H16F3NO3/c1-9(8(15)16)3-2-4-14(9)5-6-17-7-10(11,12)13/h2-7H2,1H3,(H,15,16). The molecule has 1 unspecified atom stereocenters. The Bertz CT molecular complexity index is 282. The number of carboxylic acid groups (broad SMARTS) is 1. The van der Waals surface area contributed by atoms with E-state index in [-0.39, 0.29) is 13.2 Å².